The molecule has 1 fully saturated rings. The number of nitrogens with one attached hydrogen (secondary N) is 1. The van der Waals surface area contributed by atoms with Crippen molar-refractivity contribution in [3.05, 3.63) is 41.7 Å². The standard InChI is InChI=1S/C18H22N4O4/c1-13-15(20-21-22(13)14-5-3-2-4-6-14)11-16(23)19-12-18(17(24)25)7-9-26-10-8-18/h2-6H,7-12H2,1H3,(H,19,23)(H,24,25). The van der Waals surface area contributed by atoms with Gasteiger partial charge in [0, 0.05) is 19.8 Å². The van der Waals surface area contributed by atoms with Crippen LogP contribution in [-0.4, -0.2) is 51.7 Å². The molecule has 2 aromatic rings. The number of para-hydroxylation sites is 1. The van der Waals surface area contributed by atoms with E-state index < -0.39 is 11.4 Å². The maximum Gasteiger partial charge on any atom is 0.311 e. The van der Waals surface area contributed by atoms with Gasteiger partial charge < -0.3 is 15.2 Å². The summed E-state index contributed by atoms with van der Waals surface area (Å²) in [5.74, 6) is -1.16. The van der Waals surface area contributed by atoms with Crippen molar-refractivity contribution in [1.82, 2.24) is 20.3 Å². The number of carbonyl (C=O) groups excluding carboxylic acids is 1. The number of aromatic nitrogens is 3. The third kappa shape index (κ3) is 3.75. The molecule has 1 amide bonds. The maximum atomic E-state index is 12.3. The molecule has 0 unspecified atom stereocenters. The third-order valence-corrected chi connectivity index (χ3v) is 4.85. The zero-order chi connectivity index (χ0) is 18.6. The number of carbonyl (C=O) groups is 2. The summed E-state index contributed by atoms with van der Waals surface area (Å²) in [4.78, 5) is 23.9. The van der Waals surface area contributed by atoms with Crippen LogP contribution in [0.2, 0.25) is 0 Å². The zero-order valence-corrected chi connectivity index (χ0v) is 14.6. The van der Waals surface area contributed by atoms with Crippen LogP contribution in [0.4, 0.5) is 0 Å². The summed E-state index contributed by atoms with van der Waals surface area (Å²) >= 11 is 0. The van der Waals surface area contributed by atoms with Crippen molar-refractivity contribution in [3.8, 4) is 5.69 Å². The van der Waals surface area contributed by atoms with Crippen molar-refractivity contribution in [2.45, 2.75) is 26.2 Å². The Morgan fingerprint density at radius 3 is 2.62 bits per heavy atom. The van der Waals surface area contributed by atoms with Crippen LogP contribution in [0.15, 0.2) is 30.3 Å². The minimum atomic E-state index is -0.954. The van der Waals surface area contributed by atoms with Gasteiger partial charge in [0.25, 0.3) is 0 Å². The lowest BCUT2D eigenvalue weighted by atomic mass is 9.80. The molecule has 0 atom stereocenters. The Bertz CT molecular complexity index is 782. The molecule has 138 valence electrons. The van der Waals surface area contributed by atoms with Gasteiger partial charge in [-0.2, -0.15) is 0 Å². The van der Waals surface area contributed by atoms with Crippen molar-refractivity contribution in [1.29, 1.82) is 0 Å². The predicted molar refractivity (Wildman–Crippen MR) is 92.9 cm³/mol. The molecule has 2 N–H and O–H groups in total. The quantitative estimate of drug-likeness (QED) is 0.801. The van der Waals surface area contributed by atoms with Gasteiger partial charge in [0.05, 0.1) is 28.9 Å². The van der Waals surface area contributed by atoms with Crippen LogP contribution in [0.1, 0.15) is 24.2 Å². The molecule has 1 aromatic heterocycles. The van der Waals surface area contributed by atoms with Gasteiger partial charge in [0.15, 0.2) is 0 Å². The minimum Gasteiger partial charge on any atom is -0.481 e. The van der Waals surface area contributed by atoms with Gasteiger partial charge in [-0.25, -0.2) is 4.68 Å². The highest BCUT2D eigenvalue weighted by atomic mass is 16.5. The van der Waals surface area contributed by atoms with Crippen molar-refractivity contribution in [3.63, 3.8) is 0 Å². The van der Waals surface area contributed by atoms with E-state index in [9.17, 15) is 14.7 Å². The molecule has 2 heterocycles. The molecule has 1 saturated heterocycles. The lowest BCUT2D eigenvalue weighted by Gasteiger charge is -2.33. The van der Waals surface area contributed by atoms with E-state index >= 15 is 0 Å². The number of rotatable bonds is 6. The van der Waals surface area contributed by atoms with Gasteiger partial charge >= 0.3 is 5.97 Å². The Morgan fingerprint density at radius 2 is 1.96 bits per heavy atom. The molecule has 1 aromatic carbocycles. The number of aliphatic carboxylic acids is 1. The van der Waals surface area contributed by atoms with Crippen LogP contribution < -0.4 is 5.32 Å². The second-order valence-electron chi connectivity index (χ2n) is 6.52. The topological polar surface area (TPSA) is 106 Å². The molecule has 8 heteroatoms. The van der Waals surface area contributed by atoms with Crippen LogP contribution in [0, 0.1) is 12.3 Å². The van der Waals surface area contributed by atoms with Crippen LogP contribution in [0.5, 0.6) is 0 Å². The first-order valence-electron chi connectivity index (χ1n) is 8.56. The number of nitrogens with zero attached hydrogens (tertiary/aromatic N) is 3. The Labute approximate surface area is 151 Å². The molecule has 8 nitrogen and oxygen atoms in total. The van der Waals surface area contributed by atoms with E-state index in [1.807, 2.05) is 37.3 Å². The second kappa shape index (κ2) is 7.65. The summed E-state index contributed by atoms with van der Waals surface area (Å²) in [6.07, 6.45) is 0.850. The Balaban J connectivity index is 1.64. The van der Waals surface area contributed by atoms with Crippen molar-refractivity contribution < 1.29 is 19.4 Å². The number of amides is 1. The SMILES string of the molecule is Cc1c(CC(=O)NCC2(C(=O)O)CCOCC2)nnn1-c1ccccc1. The molecule has 1 aliphatic rings. The first-order chi connectivity index (χ1) is 12.5. The first-order valence-corrected chi connectivity index (χ1v) is 8.56. The highest BCUT2D eigenvalue weighted by molar-refractivity contribution is 5.80. The summed E-state index contributed by atoms with van der Waals surface area (Å²) in [5, 5.41) is 20.5. The van der Waals surface area contributed by atoms with E-state index in [2.05, 4.69) is 15.6 Å². The fraction of sp³-hybridized carbons (Fsp3) is 0.444. The van der Waals surface area contributed by atoms with E-state index in [1.54, 1.807) is 4.68 Å². The normalized spacial score (nSPS) is 16.2. The van der Waals surface area contributed by atoms with E-state index in [4.69, 9.17) is 4.74 Å². The molecular formula is C18H22N4O4. The highest BCUT2D eigenvalue weighted by Gasteiger charge is 2.40. The summed E-state index contributed by atoms with van der Waals surface area (Å²) in [5.41, 5.74) is 1.27. The summed E-state index contributed by atoms with van der Waals surface area (Å²) in [6.45, 7) is 2.74. The third-order valence-electron chi connectivity index (χ3n) is 4.85. The van der Waals surface area contributed by atoms with Gasteiger partial charge in [0.2, 0.25) is 5.91 Å². The number of ether oxygens (including phenoxy) is 1. The molecular weight excluding hydrogens is 336 g/mol. The molecule has 26 heavy (non-hydrogen) atoms. The lowest BCUT2D eigenvalue weighted by Crippen LogP contribution is -2.46. The summed E-state index contributed by atoms with van der Waals surface area (Å²) in [7, 11) is 0. The average Bonchev–Trinajstić information content (AvgIpc) is 3.02. The number of hydrogen-bond donors (Lipinski definition) is 2. The largest absolute Gasteiger partial charge is 0.481 e. The molecule has 0 aliphatic carbocycles. The molecule has 0 saturated carbocycles. The summed E-state index contributed by atoms with van der Waals surface area (Å²) < 4.78 is 6.92. The Morgan fingerprint density at radius 1 is 1.27 bits per heavy atom. The minimum absolute atomic E-state index is 0.0604. The van der Waals surface area contributed by atoms with Crippen LogP contribution in [0.25, 0.3) is 5.69 Å². The van der Waals surface area contributed by atoms with E-state index in [0.29, 0.717) is 31.7 Å². The van der Waals surface area contributed by atoms with E-state index in [-0.39, 0.29) is 18.9 Å². The van der Waals surface area contributed by atoms with Crippen LogP contribution >= 0.6 is 0 Å². The first kappa shape index (κ1) is 18.1. The number of hydrogen-bond acceptors (Lipinski definition) is 5. The average molecular weight is 358 g/mol. The molecule has 0 bridgehead atoms. The fourth-order valence-electron chi connectivity index (χ4n) is 3.05. The van der Waals surface area contributed by atoms with Gasteiger partial charge in [0.1, 0.15) is 0 Å². The molecule has 3 rings (SSSR count). The van der Waals surface area contributed by atoms with Crippen molar-refractivity contribution in [2.75, 3.05) is 19.8 Å². The highest BCUT2D eigenvalue weighted by Crippen LogP contribution is 2.30. The maximum absolute atomic E-state index is 12.3. The van der Waals surface area contributed by atoms with Crippen LogP contribution in [-0.2, 0) is 20.7 Å². The van der Waals surface area contributed by atoms with Gasteiger partial charge in [-0.05, 0) is 31.9 Å². The second-order valence-corrected chi connectivity index (χ2v) is 6.52. The molecule has 0 spiro atoms. The van der Waals surface area contributed by atoms with Gasteiger partial charge in [-0.1, -0.05) is 23.4 Å². The monoisotopic (exact) mass is 358 g/mol. The number of benzene rings is 1. The molecule has 1 aliphatic heterocycles. The zero-order valence-electron chi connectivity index (χ0n) is 14.6. The Hall–Kier alpha value is -2.74. The molecule has 0 radical (unpaired) electrons. The summed E-state index contributed by atoms with van der Waals surface area (Å²) in [6, 6.07) is 9.55. The van der Waals surface area contributed by atoms with Crippen molar-refractivity contribution >= 4 is 11.9 Å². The van der Waals surface area contributed by atoms with Gasteiger partial charge in [-0.3, -0.25) is 9.59 Å². The van der Waals surface area contributed by atoms with E-state index in [1.165, 1.54) is 0 Å². The number of carboxylic acids is 1. The van der Waals surface area contributed by atoms with E-state index in [0.717, 1.165) is 11.4 Å². The lowest BCUT2D eigenvalue weighted by molar-refractivity contribution is -0.154. The van der Waals surface area contributed by atoms with Crippen molar-refractivity contribution in [2.24, 2.45) is 5.41 Å². The smallest absolute Gasteiger partial charge is 0.311 e. The predicted octanol–water partition coefficient (Wildman–Crippen LogP) is 1.12. The van der Waals surface area contributed by atoms with Crippen LogP contribution in [0.3, 0.4) is 0 Å². The fourth-order valence-corrected chi connectivity index (χ4v) is 3.05. The van der Waals surface area contributed by atoms with Gasteiger partial charge in [-0.15, -0.1) is 5.10 Å². The Kier molecular flexibility index (Phi) is 5.32. The number of carboxylic acid groups (broad SMARTS) is 1.